The number of carbonyl (C=O) groups excluding carboxylic acids is 1. The second kappa shape index (κ2) is 22.1. The topological polar surface area (TPSA) is 20.3 Å². The number of allylic oxidation sites excluding steroid dienone is 12. The number of carbonyl (C=O) groups is 1. The van der Waals surface area contributed by atoms with Crippen molar-refractivity contribution >= 4 is 15.4 Å². The molecule has 220 valence electrons. The Morgan fingerprint density at radius 1 is 0.810 bits per heavy atom. The van der Waals surface area contributed by atoms with Crippen LogP contribution in [0, 0.1) is 23.6 Å². The summed E-state index contributed by atoms with van der Waals surface area (Å²) in [5.41, 5.74) is 6.45. The Morgan fingerprint density at radius 3 is 1.40 bits per heavy atom. The molecule has 3 aliphatic rings. The van der Waals surface area contributed by atoms with Gasteiger partial charge in [0.1, 0.15) is 0 Å². The van der Waals surface area contributed by atoms with Gasteiger partial charge in [0.15, 0.2) is 0 Å². The number of nitrogens with zero attached hydrogens (tertiary/aromatic N) is 1. The van der Waals surface area contributed by atoms with Crippen LogP contribution in [-0.2, 0) is 31.0 Å². The van der Waals surface area contributed by atoms with Crippen LogP contribution in [0.3, 0.4) is 0 Å². The van der Waals surface area contributed by atoms with Gasteiger partial charge in [0.25, 0.3) is 0 Å². The summed E-state index contributed by atoms with van der Waals surface area (Å²) in [7, 11) is 4.34. The van der Waals surface area contributed by atoms with Crippen LogP contribution in [0.2, 0.25) is 13.1 Å². The first-order chi connectivity index (χ1) is 19.6. The van der Waals surface area contributed by atoms with E-state index in [4.69, 9.17) is 0 Å². The second-order valence-electron chi connectivity index (χ2n) is 10.7. The van der Waals surface area contributed by atoms with Gasteiger partial charge < -0.3 is 4.90 Å². The average Bonchev–Trinajstić information content (AvgIpc) is 3.76. The molecule has 0 unspecified atom stereocenters. The quantitative estimate of drug-likeness (QED) is 0.239. The summed E-state index contributed by atoms with van der Waals surface area (Å²) in [5, 5.41) is 0. The number of hydrogen-bond acceptors (Lipinski definition) is 1. The Hall–Kier alpha value is -2.55. The molecule has 3 aliphatic carbocycles. The van der Waals surface area contributed by atoms with Gasteiger partial charge in [-0.2, -0.15) is 23.3 Å². The van der Waals surface area contributed by atoms with E-state index < -0.39 is 0 Å². The van der Waals surface area contributed by atoms with Gasteiger partial charge in [-0.15, -0.1) is 19.8 Å². The van der Waals surface area contributed by atoms with Gasteiger partial charge in [0.05, 0.1) is 5.92 Å². The Bertz CT molecular complexity index is 1140. The molecule has 0 heterocycles. The number of amides is 1. The minimum Gasteiger partial charge on any atom is -0.348 e. The van der Waals surface area contributed by atoms with Crippen molar-refractivity contribution in [2.75, 3.05) is 14.1 Å². The molecule has 0 N–H and O–H groups in total. The third-order valence-corrected chi connectivity index (χ3v) is 6.69. The molecule has 0 bridgehead atoms. The van der Waals surface area contributed by atoms with Crippen LogP contribution < -0.4 is 0 Å². The van der Waals surface area contributed by atoms with Crippen LogP contribution in [0.25, 0.3) is 0 Å². The second-order valence-corrected chi connectivity index (χ2v) is 11.9. The number of rotatable bonds is 3. The zero-order chi connectivity index (χ0) is 30.7. The molecule has 1 amide bonds. The maximum absolute atomic E-state index is 12.4. The molecular formula is C38H49NOSiZr. The Labute approximate surface area is 279 Å². The van der Waals surface area contributed by atoms with Crippen LogP contribution in [0.5, 0.6) is 0 Å². The maximum atomic E-state index is 12.4. The summed E-state index contributed by atoms with van der Waals surface area (Å²) in [6.45, 7) is 15.3. The third-order valence-electron chi connectivity index (χ3n) is 6.69. The van der Waals surface area contributed by atoms with E-state index >= 15 is 0 Å². The fraction of sp³-hybridized carbons (Fsp3) is 0.342. The predicted molar refractivity (Wildman–Crippen MR) is 180 cm³/mol. The third kappa shape index (κ3) is 14.6. The molecule has 0 saturated heterocycles. The van der Waals surface area contributed by atoms with Crippen LogP contribution >= 0.6 is 0 Å². The molecule has 5 rings (SSSR count). The van der Waals surface area contributed by atoms with Gasteiger partial charge in [-0.05, 0) is 11.1 Å². The first-order valence-electron chi connectivity index (χ1n) is 14.3. The van der Waals surface area contributed by atoms with E-state index in [0.717, 1.165) is 33.5 Å². The van der Waals surface area contributed by atoms with Crippen molar-refractivity contribution in [3.63, 3.8) is 0 Å². The minimum atomic E-state index is -0.220. The predicted octanol–water partition coefficient (Wildman–Crippen LogP) is 9.15. The molecule has 4 heteroatoms. The molecule has 0 saturated carbocycles. The summed E-state index contributed by atoms with van der Waals surface area (Å²) in [6.07, 6.45) is 23.4. The Balaban J connectivity index is 0.000000585. The maximum Gasteiger partial charge on any atom is 3.00 e. The first-order valence-corrected chi connectivity index (χ1v) is 16.7. The van der Waals surface area contributed by atoms with Crippen LogP contribution in [0.1, 0.15) is 64.5 Å². The van der Waals surface area contributed by atoms with Crippen molar-refractivity contribution in [1.29, 1.82) is 0 Å². The van der Waals surface area contributed by atoms with Crippen molar-refractivity contribution in [1.82, 2.24) is 4.90 Å². The number of hydrogen-bond donors (Lipinski definition) is 0. The largest absolute Gasteiger partial charge is 3.00 e. The summed E-state index contributed by atoms with van der Waals surface area (Å²) in [6, 6.07) is 19.8. The van der Waals surface area contributed by atoms with Gasteiger partial charge >= 0.3 is 26.2 Å². The van der Waals surface area contributed by atoms with Gasteiger partial charge in [-0.1, -0.05) is 107 Å². The number of likely N-dealkylation sites (N-methyl/N-ethyl adjacent to an activating group) is 1. The molecule has 2 aromatic rings. The normalized spacial score (nSPS) is 14.7. The molecule has 0 aliphatic heterocycles. The van der Waals surface area contributed by atoms with Gasteiger partial charge in [-0.25, -0.2) is 29.9 Å². The van der Waals surface area contributed by atoms with Gasteiger partial charge in [-0.3, -0.25) is 23.0 Å². The summed E-state index contributed by atoms with van der Waals surface area (Å²) in [4.78, 5) is 14.0. The van der Waals surface area contributed by atoms with Gasteiger partial charge in [0.2, 0.25) is 5.91 Å². The van der Waals surface area contributed by atoms with E-state index in [1.165, 1.54) is 16.7 Å². The molecule has 0 aromatic heterocycles. The van der Waals surface area contributed by atoms with Crippen LogP contribution in [-0.4, -0.2) is 34.4 Å². The molecule has 2 radical (unpaired) electrons. The molecular weight excluding hydrogens is 606 g/mol. The van der Waals surface area contributed by atoms with E-state index in [-0.39, 0.29) is 43.4 Å². The fourth-order valence-electron chi connectivity index (χ4n) is 4.11. The molecule has 0 atom stereocenters. The van der Waals surface area contributed by atoms with E-state index in [0.29, 0.717) is 0 Å². The summed E-state index contributed by atoms with van der Waals surface area (Å²) >= 11 is 0. The summed E-state index contributed by atoms with van der Waals surface area (Å²) in [5.74, 6) is -0.116. The van der Waals surface area contributed by atoms with Crippen molar-refractivity contribution in [3.8, 4) is 0 Å². The standard InChI is InChI=1S/C16H17NO.C10H15.2C5H5.C2H7Si.Zr/c1-17(2)16(18)15(13-9-5-3-6-10-13)14-11-7-4-8-12-14;1-7-6-10(4,5)9(3)8(7)2;2*1-2-4-5-3-1;1-3-2;/h3-12,15H,1-2H3;1-5H3;2*1-3H,4H2;3H,1-2H3;/q;3*-1;;+3. The van der Waals surface area contributed by atoms with E-state index in [9.17, 15) is 4.79 Å². The average molecular weight is 655 g/mol. The Morgan fingerprint density at radius 2 is 1.21 bits per heavy atom. The molecule has 0 spiro atoms. The van der Waals surface area contributed by atoms with Crippen molar-refractivity contribution in [2.45, 2.75) is 66.5 Å². The monoisotopic (exact) mass is 653 g/mol. The summed E-state index contributed by atoms with van der Waals surface area (Å²) < 4.78 is 0. The van der Waals surface area contributed by atoms with E-state index in [1.807, 2.05) is 85.0 Å². The fourth-order valence-corrected chi connectivity index (χ4v) is 4.11. The molecule has 0 fully saturated rings. The van der Waals surface area contributed by atoms with E-state index in [2.05, 4.69) is 78.1 Å². The Kier molecular flexibility index (Phi) is 20.7. The molecule has 42 heavy (non-hydrogen) atoms. The molecule has 2 aromatic carbocycles. The van der Waals surface area contributed by atoms with E-state index in [1.54, 1.807) is 19.0 Å². The van der Waals surface area contributed by atoms with Crippen molar-refractivity contribution in [2.24, 2.45) is 5.41 Å². The zero-order valence-electron chi connectivity index (χ0n) is 27.2. The number of benzene rings is 2. The van der Waals surface area contributed by atoms with Crippen LogP contribution in [0.4, 0.5) is 0 Å². The minimum absolute atomic E-state index is 0. The van der Waals surface area contributed by atoms with Crippen molar-refractivity contribution < 1.29 is 31.0 Å². The molecule has 2 nitrogen and oxygen atoms in total. The zero-order valence-corrected chi connectivity index (χ0v) is 30.8. The smallest absolute Gasteiger partial charge is 0.348 e. The van der Waals surface area contributed by atoms with Crippen LogP contribution in [0.15, 0.2) is 114 Å². The first kappa shape index (κ1) is 39.5. The van der Waals surface area contributed by atoms with Crippen molar-refractivity contribution in [3.05, 3.63) is 143 Å². The SMILES string of the molecule is CC1=[C-]C(C)(C)C(C)=C1C.CN(C)C(=O)C(c1ccccc1)c1ccccc1.C[SiH]C.[C-]1=CC=CC1.[C-]1=CC=CC1.[Zr+3]. The van der Waals surface area contributed by atoms with Gasteiger partial charge in [0, 0.05) is 23.6 Å².